The van der Waals surface area contributed by atoms with E-state index in [1.54, 1.807) is 24.3 Å². The van der Waals surface area contributed by atoms with E-state index in [0.717, 1.165) is 15.4 Å². The van der Waals surface area contributed by atoms with E-state index in [0.29, 0.717) is 23.9 Å². The van der Waals surface area contributed by atoms with Gasteiger partial charge in [0, 0.05) is 18.2 Å². The average molecular weight is 499 g/mol. The Bertz CT molecular complexity index is 1260. The summed E-state index contributed by atoms with van der Waals surface area (Å²) in [5.74, 6) is 0.988. The lowest BCUT2D eigenvalue weighted by molar-refractivity contribution is -0.119. The lowest BCUT2D eigenvalue weighted by Crippen LogP contribution is -2.40. The Morgan fingerprint density at radius 2 is 1.60 bits per heavy atom. The number of hydrogen-bond donors (Lipinski definition) is 1. The molecule has 186 valence electrons. The van der Waals surface area contributed by atoms with Gasteiger partial charge < -0.3 is 19.5 Å². The van der Waals surface area contributed by atoms with Gasteiger partial charge >= 0.3 is 0 Å². The van der Waals surface area contributed by atoms with Crippen LogP contribution in [0.2, 0.25) is 0 Å². The first-order chi connectivity index (χ1) is 16.8. The molecule has 0 aliphatic rings. The van der Waals surface area contributed by atoms with Crippen LogP contribution in [0.25, 0.3) is 0 Å². The Balaban J connectivity index is 1.91. The van der Waals surface area contributed by atoms with Gasteiger partial charge in [-0.1, -0.05) is 35.9 Å². The van der Waals surface area contributed by atoms with Crippen LogP contribution in [0.4, 0.5) is 5.69 Å². The van der Waals surface area contributed by atoms with Crippen molar-refractivity contribution in [3.63, 3.8) is 0 Å². The number of benzene rings is 3. The molecule has 9 heteroatoms. The summed E-state index contributed by atoms with van der Waals surface area (Å²) >= 11 is 0. The molecule has 3 rings (SSSR count). The minimum Gasteiger partial charge on any atom is -0.494 e. The summed E-state index contributed by atoms with van der Waals surface area (Å²) in [5, 5.41) is 2.80. The number of ether oxygens (including phenoxy) is 3. The maximum absolute atomic E-state index is 13.6. The lowest BCUT2D eigenvalue weighted by atomic mass is 10.2. The van der Waals surface area contributed by atoms with Gasteiger partial charge in [0.05, 0.1) is 31.4 Å². The fourth-order valence-electron chi connectivity index (χ4n) is 3.46. The van der Waals surface area contributed by atoms with Gasteiger partial charge in [0.25, 0.3) is 10.0 Å². The molecule has 0 aliphatic heterocycles. The number of methoxy groups -OCH3 is 2. The maximum atomic E-state index is 13.6. The molecule has 1 N–H and O–H groups in total. The van der Waals surface area contributed by atoms with Crippen LogP contribution in [0.3, 0.4) is 0 Å². The molecule has 35 heavy (non-hydrogen) atoms. The van der Waals surface area contributed by atoms with Crippen LogP contribution < -0.4 is 23.8 Å². The molecule has 0 saturated carbocycles. The van der Waals surface area contributed by atoms with Crippen LogP contribution in [0.1, 0.15) is 18.1 Å². The normalized spacial score (nSPS) is 11.0. The molecule has 0 unspecified atom stereocenters. The minimum absolute atomic E-state index is 0.0763. The van der Waals surface area contributed by atoms with Crippen molar-refractivity contribution in [3.05, 3.63) is 77.9 Å². The maximum Gasteiger partial charge on any atom is 0.264 e. The molecular formula is C26H30N2O6S. The van der Waals surface area contributed by atoms with E-state index < -0.39 is 22.5 Å². The Morgan fingerprint density at radius 3 is 2.26 bits per heavy atom. The van der Waals surface area contributed by atoms with Gasteiger partial charge in [0.15, 0.2) is 11.5 Å². The summed E-state index contributed by atoms with van der Waals surface area (Å²) in [6, 6.07) is 18.5. The zero-order valence-electron chi connectivity index (χ0n) is 20.3. The summed E-state index contributed by atoms with van der Waals surface area (Å²) in [4.78, 5) is 13.0. The van der Waals surface area contributed by atoms with Gasteiger partial charge in [-0.3, -0.25) is 9.10 Å². The lowest BCUT2D eigenvalue weighted by Gasteiger charge is -2.25. The number of hydrogen-bond acceptors (Lipinski definition) is 6. The van der Waals surface area contributed by atoms with E-state index in [9.17, 15) is 13.2 Å². The number of sulfonamides is 1. The van der Waals surface area contributed by atoms with Gasteiger partial charge in [-0.25, -0.2) is 8.42 Å². The highest BCUT2D eigenvalue weighted by Crippen LogP contribution is 2.33. The van der Waals surface area contributed by atoms with Gasteiger partial charge in [0.2, 0.25) is 5.91 Å². The van der Waals surface area contributed by atoms with Crippen LogP contribution in [0.15, 0.2) is 71.6 Å². The topological polar surface area (TPSA) is 94.2 Å². The zero-order chi connectivity index (χ0) is 25.4. The van der Waals surface area contributed by atoms with Crippen LogP contribution in [-0.2, 0) is 21.4 Å². The highest BCUT2D eigenvalue weighted by molar-refractivity contribution is 7.92. The van der Waals surface area contributed by atoms with Crippen molar-refractivity contribution in [1.82, 2.24) is 5.32 Å². The van der Waals surface area contributed by atoms with Crippen LogP contribution in [0.5, 0.6) is 17.2 Å². The molecule has 3 aromatic rings. The molecule has 0 aliphatic carbocycles. The molecule has 0 aromatic heterocycles. The van der Waals surface area contributed by atoms with E-state index in [-0.39, 0.29) is 17.1 Å². The molecule has 0 fully saturated rings. The molecule has 0 heterocycles. The zero-order valence-corrected chi connectivity index (χ0v) is 21.1. The Kier molecular flexibility index (Phi) is 8.59. The van der Waals surface area contributed by atoms with Crippen molar-refractivity contribution in [1.29, 1.82) is 0 Å². The standard InChI is InChI=1S/C26H30N2O6S/c1-5-34-23-9-7-6-8-20(23)17-27-26(29)18-28(21-12-15-24(32-3)25(16-21)33-4)35(30,31)22-13-10-19(2)11-14-22/h6-16H,5,17-18H2,1-4H3,(H,27,29). The second-order valence-corrected chi connectivity index (χ2v) is 9.54. The number of carbonyl (C=O) groups excluding carboxylic acids is 1. The molecular weight excluding hydrogens is 468 g/mol. The van der Waals surface area contributed by atoms with Gasteiger partial charge in [-0.05, 0) is 44.2 Å². The number of carbonyl (C=O) groups is 1. The number of nitrogens with zero attached hydrogens (tertiary/aromatic N) is 1. The largest absolute Gasteiger partial charge is 0.494 e. The predicted molar refractivity (Wildman–Crippen MR) is 135 cm³/mol. The average Bonchev–Trinajstić information content (AvgIpc) is 2.86. The number of para-hydroxylation sites is 1. The Hall–Kier alpha value is -3.72. The summed E-state index contributed by atoms with van der Waals surface area (Å²) in [5.41, 5.74) is 1.99. The molecule has 0 spiro atoms. The first-order valence-corrected chi connectivity index (χ1v) is 12.5. The second-order valence-electron chi connectivity index (χ2n) is 7.68. The van der Waals surface area contributed by atoms with Crippen molar-refractivity contribution in [2.75, 3.05) is 31.7 Å². The molecule has 0 bridgehead atoms. The van der Waals surface area contributed by atoms with Crippen molar-refractivity contribution in [2.45, 2.75) is 25.3 Å². The summed E-state index contributed by atoms with van der Waals surface area (Å²) < 4.78 is 44.5. The third-order valence-electron chi connectivity index (χ3n) is 5.30. The molecule has 3 aromatic carbocycles. The van der Waals surface area contributed by atoms with Crippen LogP contribution in [0, 0.1) is 6.92 Å². The first kappa shape index (κ1) is 25.9. The number of rotatable bonds is 11. The SMILES string of the molecule is CCOc1ccccc1CNC(=O)CN(c1ccc(OC)c(OC)c1)S(=O)(=O)c1ccc(C)cc1. The monoisotopic (exact) mass is 498 g/mol. The Morgan fingerprint density at radius 1 is 0.914 bits per heavy atom. The van der Waals surface area contributed by atoms with Crippen LogP contribution >= 0.6 is 0 Å². The smallest absolute Gasteiger partial charge is 0.264 e. The first-order valence-electron chi connectivity index (χ1n) is 11.1. The number of aryl methyl sites for hydroxylation is 1. The van der Waals surface area contributed by atoms with Gasteiger partial charge in [-0.2, -0.15) is 0 Å². The van der Waals surface area contributed by atoms with Gasteiger partial charge in [0.1, 0.15) is 12.3 Å². The van der Waals surface area contributed by atoms with Crippen molar-refractivity contribution >= 4 is 21.6 Å². The fraction of sp³-hybridized carbons (Fsp3) is 0.269. The second kappa shape index (κ2) is 11.6. The van der Waals surface area contributed by atoms with Crippen molar-refractivity contribution in [2.24, 2.45) is 0 Å². The third-order valence-corrected chi connectivity index (χ3v) is 7.09. The fourth-order valence-corrected chi connectivity index (χ4v) is 4.87. The van der Waals surface area contributed by atoms with E-state index in [1.165, 1.54) is 32.4 Å². The van der Waals surface area contributed by atoms with Crippen LogP contribution in [-0.4, -0.2) is 41.7 Å². The number of nitrogens with one attached hydrogen (secondary N) is 1. The predicted octanol–water partition coefficient (Wildman–Crippen LogP) is 3.92. The molecule has 0 atom stereocenters. The Labute approximate surface area is 206 Å². The third kappa shape index (κ3) is 6.24. The highest BCUT2D eigenvalue weighted by atomic mass is 32.2. The van der Waals surface area contributed by atoms with E-state index >= 15 is 0 Å². The molecule has 0 radical (unpaired) electrons. The summed E-state index contributed by atoms with van der Waals surface area (Å²) in [6.07, 6.45) is 0. The summed E-state index contributed by atoms with van der Waals surface area (Å²) in [6.45, 7) is 4.01. The van der Waals surface area contributed by atoms with E-state index in [4.69, 9.17) is 14.2 Å². The minimum atomic E-state index is -4.06. The molecule has 0 saturated heterocycles. The van der Waals surface area contributed by atoms with Crippen molar-refractivity contribution < 1.29 is 27.4 Å². The van der Waals surface area contributed by atoms with E-state index in [2.05, 4.69) is 5.32 Å². The number of anilines is 1. The molecule has 8 nitrogen and oxygen atoms in total. The quantitative estimate of drug-likeness (QED) is 0.431. The highest BCUT2D eigenvalue weighted by Gasteiger charge is 2.28. The number of amides is 1. The van der Waals surface area contributed by atoms with E-state index in [1.807, 2.05) is 38.1 Å². The van der Waals surface area contributed by atoms with Gasteiger partial charge in [-0.15, -0.1) is 0 Å². The van der Waals surface area contributed by atoms with Crippen molar-refractivity contribution in [3.8, 4) is 17.2 Å². The molecule has 1 amide bonds. The summed E-state index contributed by atoms with van der Waals surface area (Å²) in [7, 11) is -1.11.